The van der Waals surface area contributed by atoms with Crippen LogP contribution in [0.2, 0.25) is 0 Å². The number of benzene rings is 1. The van der Waals surface area contributed by atoms with Gasteiger partial charge in [-0.1, -0.05) is 0 Å². The molecule has 1 aromatic carbocycles. The summed E-state index contributed by atoms with van der Waals surface area (Å²) in [5, 5.41) is 0. The van der Waals surface area contributed by atoms with Gasteiger partial charge in [-0.15, -0.1) is 0 Å². The number of carbonyl (C=O) groups excluding carboxylic acids is 2. The summed E-state index contributed by atoms with van der Waals surface area (Å²) >= 11 is 0. The van der Waals surface area contributed by atoms with Gasteiger partial charge in [0.05, 0.1) is 6.61 Å². The molecule has 0 saturated carbocycles. The Kier molecular flexibility index (Phi) is 4.02. The zero-order valence-corrected chi connectivity index (χ0v) is 10.3. The third-order valence-electron chi connectivity index (χ3n) is 2.22. The van der Waals surface area contributed by atoms with E-state index in [1.165, 1.54) is 6.26 Å². The Morgan fingerprint density at radius 3 is 2.95 bits per heavy atom. The van der Waals surface area contributed by atoms with Crippen LogP contribution in [0.5, 0.6) is 17.2 Å². The molecule has 0 unspecified atom stereocenters. The highest BCUT2D eigenvalue weighted by Crippen LogP contribution is 2.35. The molecular formula is C13H12O6. The normalized spacial score (nSPS) is 12.4. The van der Waals surface area contributed by atoms with E-state index in [-0.39, 0.29) is 19.0 Å². The highest BCUT2D eigenvalue weighted by molar-refractivity contribution is 5.87. The van der Waals surface area contributed by atoms with Crippen molar-refractivity contribution in [1.82, 2.24) is 0 Å². The summed E-state index contributed by atoms with van der Waals surface area (Å²) in [5.74, 6) is 0.647. The lowest BCUT2D eigenvalue weighted by Gasteiger charge is -2.17. The van der Waals surface area contributed by atoms with E-state index in [2.05, 4.69) is 0 Å². The van der Waals surface area contributed by atoms with Crippen molar-refractivity contribution in [3.8, 4) is 17.2 Å². The third kappa shape index (κ3) is 3.04. The molecule has 6 heteroatoms. The number of fused-ring (bicyclic) bond motifs is 1. The number of aldehydes is 1. The maximum Gasteiger partial charge on any atom is 0.377 e. The van der Waals surface area contributed by atoms with Crippen LogP contribution in [0.15, 0.2) is 30.2 Å². The highest BCUT2D eigenvalue weighted by Gasteiger charge is 2.21. The lowest BCUT2D eigenvalue weighted by atomic mass is 10.3. The number of ether oxygens (including phenoxy) is 4. The molecule has 6 nitrogen and oxygen atoms in total. The molecule has 1 aliphatic heterocycles. The van der Waals surface area contributed by atoms with Gasteiger partial charge in [-0.3, -0.25) is 4.79 Å². The van der Waals surface area contributed by atoms with Gasteiger partial charge in [0.25, 0.3) is 0 Å². The maximum atomic E-state index is 11.5. The third-order valence-corrected chi connectivity index (χ3v) is 2.22. The molecule has 0 aromatic heterocycles. The summed E-state index contributed by atoms with van der Waals surface area (Å²) in [6.07, 6.45) is 1.82. The smallest absolute Gasteiger partial charge is 0.377 e. The first-order valence-electron chi connectivity index (χ1n) is 5.67. The van der Waals surface area contributed by atoms with Crippen LogP contribution in [0.4, 0.5) is 0 Å². The van der Waals surface area contributed by atoms with Crippen molar-refractivity contribution in [1.29, 1.82) is 0 Å². The molecule has 0 aliphatic carbocycles. The molecule has 1 aromatic rings. The molecule has 0 amide bonds. The van der Waals surface area contributed by atoms with Crippen molar-refractivity contribution >= 4 is 12.3 Å². The zero-order valence-electron chi connectivity index (χ0n) is 10.3. The van der Waals surface area contributed by atoms with Gasteiger partial charge in [-0.05, 0) is 19.1 Å². The summed E-state index contributed by atoms with van der Waals surface area (Å²) in [5.41, 5.74) is 0. The minimum Gasteiger partial charge on any atom is -0.486 e. The Hall–Kier alpha value is -2.50. The largest absolute Gasteiger partial charge is 0.486 e. The molecule has 0 atom stereocenters. The van der Waals surface area contributed by atoms with Crippen LogP contribution in [0.1, 0.15) is 6.92 Å². The van der Waals surface area contributed by atoms with Gasteiger partial charge in [0, 0.05) is 6.07 Å². The first-order valence-corrected chi connectivity index (χ1v) is 5.67. The fourth-order valence-electron chi connectivity index (χ4n) is 1.44. The molecule has 0 saturated heterocycles. The minimum absolute atomic E-state index is 0.0177. The zero-order chi connectivity index (χ0) is 13.7. The predicted octanol–water partition coefficient (Wildman–Crippen LogP) is 1.44. The molecule has 0 radical (unpaired) electrons. The Labute approximate surface area is 109 Å². The maximum absolute atomic E-state index is 11.5. The summed E-state index contributed by atoms with van der Waals surface area (Å²) in [4.78, 5) is 21.7. The van der Waals surface area contributed by atoms with Gasteiger partial charge in [0.2, 0.25) is 5.76 Å². The van der Waals surface area contributed by atoms with Gasteiger partial charge >= 0.3 is 5.97 Å². The van der Waals surface area contributed by atoms with Crippen LogP contribution in [-0.4, -0.2) is 25.5 Å². The molecule has 1 heterocycles. The van der Waals surface area contributed by atoms with E-state index in [1.54, 1.807) is 25.1 Å². The Bertz CT molecular complexity index is 520. The van der Waals surface area contributed by atoms with Crippen molar-refractivity contribution in [3.63, 3.8) is 0 Å². The summed E-state index contributed by atoms with van der Waals surface area (Å²) in [6, 6.07) is 4.76. The molecule has 0 spiro atoms. The summed E-state index contributed by atoms with van der Waals surface area (Å²) in [6.45, 7) is 1.92. The van der Waals surface area contributed by atoms with E-state index in [0.717, 1.165) is 0 Å². The van der Waals surface area contributed by atoms with Gasteiger partial charge < -0.3 is 18.9 Å². The van der Waals surface area contributed by atoms with Gasteiger partial charge in [-0.25, -0.2) is 4.79 Å². The van der Waals surface area contributed by atoms with Crippen molar-refractivity contribution < 1.29 is 28.5 Å². The first kappa shape index (κ1) is 12.9. The first-order chi connectivity index (χ1) is 9.24. The van der Waals surface area contributed by atoms with E-state index in [9.17, 15) is 9.59 Å². The lowest BCUT2D eigenvalue weighted by Crippen LogP contribution is -2.16. The van der Waals surface area contributed by atoms with Crippen LogP contribution in [0.25, 0.3) is 0 Å². The SMILES string of the molecule is CCOC(=O)C1=COc2cc(OCC=O)ccc2O1. The number of rotatable bonds is 5. The quantitative estimate of drug-likeness (QED) is 0.592. The molecule has 0 N–H and O–H groups in total. The fraction of sp³-hybridized carbons (Fsp3) is 0.231. The topological polar surface area (TPSA) is 71.1 Å². The van der Waals surface area contributed by atoms with Crippen molar-refractivity contribution in [2.75, 3.05) is 13.2 Å². The Morgan fingerprint density at radius 2 is 2.21 bits per heavy atom. The van der Waals surface area contributed by atoms with E-state index < -0.39 is 5.97 Å². The van der Waals surface area contributed by atoms with Crippen molar-refractivity contribution in [2.45, 2.75) is 6.92 Å². The average Bonchev–Trinajstić information content (AvgIpc) is 2.44. The van der Waals surface area contributed by atoms with Crippen molar-refractivity contribution in [2.24, 2.45) is 0 Å². The second-order valence-corrected chi connectivity index (χ2v) is 3.51. The number of hydrogen-bond donors (Lipinski definition) is 0. The van der Waals surface area contributed by atoms with Crippen LogP contribution < -0.4 is 14.2 Å². The van der Waals surface area contributed by atoms with Crippen molar-refractivity contribution in [3.05, 3.63) is 30.2 Å². The molecule has 0 bridgehead atoms. The average molecular weight is 264 g/mol. The summed E-state index contributed by atoms with van der Waals surface area (Å²) < 4.78 is 20.5. The second-order valence-electron chi connectivity index (χ2n) is 3.51. The molecule has 19 heavy (non-hydrogen) atoms. The van der Waals surface area contributed by atoms with Gasteiger partial charge in [0.1, 0.15) is 18.6 Å². The summed E-state index contributed by atoms with van der Waals surface area (Å²) in [7, 11) is 0. The monoisotopic (exact) mass is 264 g/mol. The fourth-order valence-corrected chi connectivity index (χ4v) is 1.44. The number of esters is 1. The molecule has 0 fully saturated rings. The lowest BCUT2D eigenvalue weighted by molar-refractivity contribution is -0.141. The minimum atomic E-state index is -0.588. The van der Waals surface area contributed by atoms with Crippen LogP contribution >= 0.6 is 0 Å². The molecule has 1 aliphatic rings. The van der Waals surface area contributed by atoms with Crippen LogP contribution in [0, 0.1) is 0 Å². The predicted molar refractivity (Wildman–Crippen MR) is 64.0 cm³/mol. The van der Waals surface area contributed by atoms with E-state index >= 15 is 0 Å². The second kappa shape index (κ2) is 5.90. The van der Waals surface area contributed by atoms with Crippen LogP contribution in [0.3, 0.4) is 0 Å². The van der Waals surface area contributed by atoms with E-state index in [4.69, 9.17) is 18.9 Å². The highest BCUT2D eigenvalue weighted by atomic mass is 16.6. The Morgan fingerprint density at radius 1 is 1.37 bits per heavy atom. The number of carbonyl (C=O) groups is 2. The van der Waals surface area contributed by atoms with Gasteiger partial charge in [0.15, 0.2) is 17.8 Å². The Balaban J connectivity index is 2.10. The van der Waals surface area contributed by atoms with E-state index in [1.807, 2.05) is 0 Å². The van der Waals surface area contributed by atoms with E-state index in [0.29, 0.717) is 23.5 Å². The molecular weight excluding hydrogens is 252 g/mol. The molecule has 100 valence electrons. The van der Waals surface area contributed by atoms with Crippen LogP contribution in [-0.2, 0) is 14.3 Å². The standard InChI is InChI=1S/C13H12O6/c1-2-16-13(15)12-8-18-11-7-9(17-6-5-14)3-4-10(11)19-12/h3-5,7-8H,2,6H2,1H3. The molecule has 2 rings (SSSR count). The van der Waals surface area contributed by atoms with Gasteiger partial charge in [-0.2, -0.15) is 0 Å². The number of hydrogen-bond acceptors (Lipinski definition) is 6.